The summed E-state index contributed by atoms with van der Waals surface area (Å²) >= 11 is 1.23. The predicted molar refractivity (Wildman–Crippen MR) is 70.8 cm³/mol. The van der Waals surface area contributed by atoms with Crippen LogP contribution in [0.25, 0.3) is 0 Å². The van der Waals surface area contributed by atoms with E-state index in [2.05, 4.69) is 0 Å². The van der Waals surface area contributed by atoms with Gasteiger partial charge in [-0.1, -0.05) is 37.1 Å². The molecule has 0 amide bonds. The van der Waals surface area contributed by atoms with E-state index < -0.39 is 11.7 Å². The lowest BCUT2D eigenvalue weighted by molar-refractivity contribution is -0.0917. The van der Waals surface area contributed by atoms with E-state index in [0.29, 0.717) is 12.0 Å². The number of rotatable bonds is 5. The van der Waals surface area contributed by atoms with Gasteiger partial charge in [-0.3, -0.25) is 0 Å². The van der Waals surface area contributed by atoms with E-state index in [1.807, 2.05) is 37.3 Å². The molecule has 0 aliphatic carbocycles. The zero-order valence-corrected chi connectivity index (χ0v) is 11.4. The number of hydrogen-bond donors (Lipinski definition) is 0. The molecule has 0 atom stereocenters. The Kier molecular flexibility index (Phi) is 5.79. The molecule has 0 nitrogen and oxygen atoms in total. The number of hydrogen-bond acceptors (Lipinski definition) is 1. The highest BCUT2D eigenvalue weighted by Crippen LogP contribution is 2.34. The quantitative estimate of drug-likeness (QED) is 0.507. The molecule has 0 bridgehead atoms. The number of halogens is 3. The van der Waals surface area contributed by atoms with Crippen molar-refractivity contribution in [2.75, 3.05) is 5.75 Å². The van der Waals surface area contributed by atoms with Gasteiger partial charge in [-0.05, 0) is 25.5 Å². The molecule has 0 heterocycles. The van der Waals surface area contributed by atoms with Crippen molar-refractivity contribution in [1.29, 1.82) is 0 Å². The molecular weight excluding hydrogens is 257 g/mol. The molecule has 0 fully saturated rings. The van der Waals surface area contributed by atoms with Gasteiger partial charge in [-0.2, -0.15) is 13.2 Å². The molecule has 0 radical (unpaired) electrons. The fourth-order valence-electron chi connectivity index (χ4n) is 1.65. The van der Waals surface area contributed by atoms with Gasteiger partial charge in [0.15, 0.2) is 0 Å². The second kappa shape index (κ2) is 6.88. The van der Waals surface area contributed by atoms with Crippen LogP contribution in [-0.2, 0) is 0 Å². The minimum absolute atomic E-state index is 0.0145. The van der Waals surface area contributed by atoms with E-state index in [-0.39, 0.29) is 5.75 Å². The van der Waals surface area contributed by atoms with Crippen LogP contribution in [0.2, 0.25) is 0 Å². The number of thioether (sulfide) groups is 1. The summed E-state index contributed by atoms with van der Waals surface area (Å²) in [6.45, 7) is 3.47. The molecular formula is C14H17F3S. The third kappa shape index (κ3) is 4.77. The summed E-state index contributed by atoms with van der Waals surface area (Å²) in [6, 6.07) is 9.17. The van der Waals surface area contributed by atoms with E-state index in [1.165, 1.54) is 11.8 Å². The van der Waals surface area contributed by atoms with E-state index >= 15 is 0 Å². The van der Waals surface area contributed by atoms with Crippen molar-refractivity contribution in [1.82, 2.24) is 0 Å². The summed E-state index contributed by atoms with van der Waals surface area (Å²) in [5.74, 6) is -0.0145. The van der Waals surface area contributed by atoms with Gasteiger partial charge in [0.1, 0.15) is 0 Å². The van der Waals surface area contributed by atoms with Gasteiger partial charge < -0.3 is 0 Å². The van der Waals surface area contributed by atoms with Gasteiger partial charge >= 0.3 is 6.18 Å². The first-order valence-corrected chi connectivity index (χ1v) is 6.87. The molecule has 1 rings (SSSR count). The van der Waals surface area contributed by atoms with Gasteiger partial charge in [-0.15, -0.1) is 11.8 Å². The fourth-order valence-corrected chi connectivity index (χ4v) is 2.72. The maximum Gasteiger partial charge on any atom is 0.413 e. The Labute approximate surface area is 110 Å². The SMILES string of the molecule is CCC/C(C)=C(/CSc1ccccc1)C(F)(F)F. The zero-order valence-electron chi connectivity index (χ0n) is 10.6. The van der Waals surface area contributed by atoms with E-state index in [4.69, 9.17) is 0 Å². The van der Waals surface area contributed by atoms with Gasteiger partial charge in [0, 0.05) is 16.2 Å². The molecule has 0 saturated heterocycles. The molecule has 0 aliphatic rings. The molecule has 0 saturated carbocycles. The lowest BCUT2D eigenvalue weighted by Gasteiger charge is -2.15. The predicted octanol–water partition coefficient (Wildman–Crippen LogP) is 5.46. The van der Waals surface area contributed by atoms with E-state index in [0.717, 1.165) is 11.3 Å². The van der Waals surface area contributed by atoms with Crippen LogP contribution in [0.1, 0.15) is 26.7 Å². The Bertz CT molecular complexity index is 393. The highest BCUT2D eigenvalue weighted by molar-refractivity contribution is 7.99. The summed E-state index contributed by atoms with van der Waals surface area (Å²) in [7, 11) is 0. The van der Waals surface area contributed by atoms with Crippen molar-refractivity contribution < 1.29 is 13.2 Å². The van der Waals surface area contributed by atoms with E-state index in [1.54, 1.807) is 6.92 Å². The van der Waals surface area contributed by atoms with Crippen molar-refractivity contribution in [3.63, 3.8) is 0 Å². The monoisotopic (exact) mass is 274 g/mol. The van der Waals surface area contributed by atoms with Crippen molar-refractivity contribution in [2.45, 2.75) is 37.8 Å². The van der Waals surface area contributed by atoms with Crippen LogP contribution >= 0.6 is 11.8 Å². The van der Waals surface area contributed by atoms with Crippen LogP contribution in [0.4, 0.5) is 13.2 Å². The second-order valence-corrected chi connectivity index (χ2v) is 5.16. The normalized spacial score (nSPS) is 13.4. The lowest BCUT2D eigenvalue weighted by atomic mass is 10.1. The summed E-state index contributed by atoms with van der Waals surface area (Å²) in [6.07, 6.45) is -2.98. The molecule has 0 unspecified atom stereocenters. The Morgan fingerprint density at radius 1 is 1.17 bits per heavy atom. The van der Waals surface area contributed by atoms with Crippen LogP contribution in [0.5, 0.6) is 0 Å². The Hall–Kier alpha value is -0.900. The summed E-state index contributed by atoms with van der Waals surface area (Å²) in [4.78, 5) is 0.864. The topological polar surface area (TPSA) is 0 Å². The van der Waals surface area contributed by atoms with Gasteiger partial charge in [0.05, 0.1) is 0 Å². The molecule has 0 spiro atoms. The van der Waals surface area contributed by atoms with Crippen molar-refractivity contribution in [3.05, 3.63) is 41.5 Å². The van der Waals surface area contributed by atoms with Crippen LogP contribution in [-0.4, -0.2) is 11.9 Å². The van der Waals surface area contributed by atoms with Crippen LogP contribution < -0.4 is 0 Å². The van der Waals surface area contributed by atoms with E-state index in [9.17, 15) is 13.2 Å². The minimum atomic E-state index is -4.22. The summed E-state index contributed by atoms with van der Waals surface area (Å²) in [5.41, 5.74) is 0.0617. The maximum atomic E-state index is 12.9. The summed E-state index contributed by atoms with van der Waals surface area (Å²) < 4.78 is 38.8. The smallest absolute Gasteiger partial charge is 0.166 e. The molecule has 0 aromatic heterocycles. The molecule has 4 heteroatoms. The van der Waals surface area contributed by atoms with Gasteiger partial charge in [0.25, 0.3) is 0 Å². The molecule has 100 valence electrons. The standard InChI is InChI=1S/C14H17F3S/c1-3-7-11(2)13(14(15,16)17)10-18-12-8-5-4-6-9-12/h4-6,8-9H,3,7,10H2,1-2H3/b13-11-. The number of alkyl halides is 3. The largest absolute Gasteiger partial charge is 0.413 e. The van der Waals surface area contributed by atoms with Crippen molar-refractivity contribution in [3.8, 4) is 0 Å². The lowest BCUT2D eigenvalue weighted by Crippen LogP contribution is -2.16. The van der Waals surface area contributed by atoms with Gasteiger partial charge in [-0.25, -0.2) is 0 Å². The van der Waals surface area contributed by atoms with Crippen LogP contribution in [0.3, 0.4) is 0 Å². The van der Waals surface area contributed by atoms with Crippen molar-refractivity contribution >= 4 is 11.8 Å². The number of allylic oxidation sites excluding steroid dienone is 1. The molecule has 1 aromatic carbocycles. The second-order valence-electron chi connectivity index (χ2n) is 4.11. The summed E-state index contributed by atoms with van der Waals surface area (Å²) in [5, 5.41) is 0. The maximum absolute atomic E-state index is 12.9. The van der Waals surface area contributed by atoms with Crippen molar-refractivity contribution in [2.24, 2.45) is 0 Å². The third-order valence-corrected chi connectivity index (χ3v) is 3.65. The highest BCUT2D eigenvalue weighted by Gasteiger charge is 2.34. The zero-order chi connectivity index (χ0) is 13.6. The van der Waals surface area contributed by atoms with Gasteiger partial charge in [0.2, 0.25) is 0 Å². The number of benzene rings is 1. The average molecular weight is 274 g/mol. The Morgan fingerprint density at radius 2 is 1.78 bits per heavy atom. The fraction of sp³-hybridized carbons (Fsp3) is 0.429. The first-order valence-electron chi connectivity index (χ1n) is 5.88. The molecule has 18 heavy (non-hydrogen) atoms. The first kappa shape index (κ1) is 15.2. The first-order chi connectivity index (χ1) is 8.45. The molecule has 0 aliphatic heterocycles. The average Bonchev–Trinajstić information content (AvgIpc) is 2.29. The van der Waals surface area contributed by atoms with Crippen LogP contribution in [0, 0.1) is 0 Å². The third-order valence-electron chi connectivity index (χ3n) is 2.61. The minimum Gasteiger partial charge on any atom is -0.166 e. The molecule has 0 N–H and O–H groups in total. The highest BCUT2D eigenvalue weighted by atomic mass is 32.2. The van der Waals surface area contributed by atoms with Crippen LogP contribution in [0.15, 0.2) is 46.4 Å². The Morgan fingerprint density at radius 3 is 2.28 bits per heavy atom. The molecule has 1 aromatic rings. The Balaban J connectivity index is 2.78.